The average molecular weight is 354 g/mol. The maximum absolute atomic E-state index is 11.6. The molecule has 0 aliphatic rings. The van der Waals surface area contributed by atoms with Crippen molar-refractivity contribution in [1.29, 1.82) is 0 Å². The summed E-state index contributed by atoms with van der Waals surface area (Å²) in [5, 5.41) is 4.21. The molecule has 2 aromatic carbocycles. The summed E-state index contributed by atoms with van der Waals surface area (Å²) >= 11 is 0. The van der Waals surface area contributed by atoms with Gasteiger partial charge >= 0.3 is 6.03 Å². The number of carbonyl (C=O) groups excluding carboxylic acids is 1. The van der Waals surface area contributed by atoms with E-state index in [1.54, 1.807) is 12.1 Å². The van der Waals surface area contributed by atoms with Gasteiger partial charge in [0.25, 0.3) is 0 Å². The van der Waals surface area contributed by atoms with Crippen molar-refractivity contribution in [3.05, 3.63) is 60.3 Å². The molecule has 25 heavy (non-hydrogen) atoms. The number of carbonyl (C=O) groups is 1. The smallest absolute Gasteiger partial charge is 0.340 e. The summed E-state index contributed by atoms with van der Waals surface area (Å²) < 4.78 is 24.2. The number of rotatable bonds is 3. The number of hydrogen-bond acceptors (Lipinski definition) is 4. The van der Waals surface area contributed by atoms with Crippen LogP contribution in [0.1, 0.15) is 5.56 Å². The van der Waals surface area contributed by atoms with Gasteiger partial charge in [-0.25, -0.2) is 13.2 Å². The molecule has 0 aliphatic carbocycles. The fraction of sp³-hybridized carbons (Fsp3) is 0.111. The number of nitrogens with zero attached hydrogens (tertiary/aromatic N) is 2. The summed E-state index contributed by atoms with van der Waals surface area (Å²) in [5.41, 5.74) is 9.03. The minimum absolute atomic E-state index is 0.214. The molecule has 127 valence electrons. The number of primary amides is 1. The molecule has 6 nitrogen and oxygen atoms in total. The molecule has 0 saturated carbocycles. The third-order valence-electron chi connectivity index (χ3n) is 3.76. The van der Waals surface area contributed by atoms with E-state index in [1.807, 2.05) is 31.2 Å². The van der Waals surface area contributed by atoms with Crippen LogP contribution in [0, 0.1) is 13.1 Å². The summed E-state index contributed by atoms with van der Waals surface area (Å²) in [6, 6.07) is 13.3. The topological polar surface area (TPSA) is 95.0 Å². The summed E-state index contributed by atoms with van der Waals surface area (Å²) in [6.07, 6.45) is 4.02. The quantitative estimate of drug-likeness (QED) is 0.782. The van der Waals surface area contributed by atoms with Gasteiger partial charge in [0, 0.05) is 17.4 Å². The first-order valence-electron chi connectivity index (χ1n) is 7.45. The summed E-state index contributed by atoms with van der Waals surface area (Å²) in [5.74, 6) is 0. The van der Waals surface area contributed by atoms with Gasteiger partial charge in [0.15, 0.2) is 9.84 Å². The van der Waals surface area contributed by atoms with E-state index < -0.39 is 15.9 Å². The number of sulfone groups is 1. The predicted molar refractivity (Wildman–Crippen MR) is 94.8 cm³/mol. The highest BCUT2D eigenvalue weighted by Gasteiger charge is 2.17. The predicted octanol–water partition coefficient (Wildman–Crippen LogP) is 2.66. The van der Waals surface area contributed by atoms with Crippen LogP contribution in [0.25, 0.3) is 22.4 Å². The highest BCUT2D eigenvalue weighted by Crippen LogP contribution is 2.31. The SMILES string of the molecule is Cc1ccc(-c2[c]n(C(N)=O)nc2-c2ccc(S(C)(=O)=O)cc2)cc1. The zero-order valence-corrected chi connectivity index (χ0v) is 14.5. The Labute approximate surface area is 145 Å². The van der Waals surface area contributed by atoms with E-state index in [4.69, 9.17) is 5.73 Å². The number of amides is 1. The molecule has 1 radical (unpaired) electrons. The molecule has 7 heteroatoms. The summed E-state index contributed by atoms with van der Waals surface area (Å²) in [6.45, 7) is 1.98. The molecule has 0 aliphatic heterocycles. The Kier molecular flexibility index (Phi) is 4.18. The summed E-state index contributed by atoms with van der Waals surface area (Å²) in [7, 11) is -3.28. The number of aryl methyl sites for hydroxylation is 1. The standard InChI is InChI=1S/C18H16N3O3S/c1-12-3-5-13(6-4-12)16-11-21(18(19)22)20-17(16)14-7-9-15(10-8-14)25(2,23)24/h3-10H,1-2H3,(H2,19,22). The number of benzene rings is 2. The van der Waals surface area contributed by atoms with Gasteiger partial charge in [-0.15, -0.1) is 0 Å². The van der Waals surface area contributed by atoms with Gasteiger partial charge in [0.1, 0.15) is 11.9 Å². The van der Waals surface area contributed by atoms with Gasteiger partial charge in [-0.2, -0.15) is 9.78 Å². The van der Waals surface area contributed by atoms with Gasteiger partial charge in [0.05, 0.1) is 4.90 Å². The fourth-order valence-electron chi connectivity index (χ4n) is 2.42. The maximum Gasteiger partial charge on any atom is 0.340 e. The lowest BCUT2D eigenvalue weighted by atomic mass is 10.0. The molecule has 3 rings (SSSR count). The van der Waals surface area contributed by atoms with E-state index >= 15 is 0 Å². The van der Waals surface area contributed by atoms with Gasteiger partial charge < -0.3 is 5.73 Å². The third kappa shape index (κ3) is 3.46. The van der Waals surface area contributed by atoms with Crippen LogP contribution in [-0.2, 0) is 9.84 Å². The highest BCUT2D eigenvalue weighted by atomic mass is 32.2. The van der Waals surface area contributed by atoms with Crippen LogP contribution in [0.4, 0.5) is 4.79 Å². The Morgan fingerprint density at radius 1 is 1.04 bits per heavy atom. The molecule has 0 bridgehead atoms. The van der Waals surface area contributed by atoms with Crippen LogP contribution >= 0.6 is 0 Å². The minimum Gasteiger partial charge on any atom is -0.350 e. The van der Waals surface area contributed by atoms with E-state index in [9.17, 15) is 13.2 Å². The van der Waals surface area contributed by atoms with Crippen molar-refractivity contribution in [3.8, 4) is 22.4 Å². The molecule has 0 unspecified atom stereocenters. The Morgan fingerprint density at radius 3 is 2.12 bits per heavy atom. The van der Waals surface area contributed by atoms with Crippen LogP contribution in [0.15, 0.2) is 53.4 Å². The van der Waals surface area contributed by atoms with Gasteiger partial charge in [0.2, 0.25) is 0 Å². The summed E-state index contributed by atoms with van der Waals surface area (Å²) in [4.78, 5) is 11.7. The second kappa shape index (κ2) is 6.18. The molecular formula is C18H16N3O3S. The second-order valence-electron chi connectivity index (χ2n) is 5.75. The fourth-order valence-corrected chi connectivity index (χ4v) is 3.05. The first-order chi connectivity index (χ1) is 11.8. The largest absolute Gasteiger partial charge is 0.350 e. The van der Waals surface area contributed by atoms with Crippen molar-refractivity contribution in [1.82, 2.24) is 9.78 Å². The van der Waals surface area contributed by atoms with Crippen LogP contribution in [0.5, 0.6) is 0 Å². The molecule has 0 atom stereocenters. The molecule has 1 amide bonds. The zero-order chi connectivity index (χ0) is 18.2. The van der Waals surface area contributed by atoms with Crippen LogP contribution in [0.2, 0.25) is 0 Å². The van der Waals surface area contributed by atoms with Crippen LogP contribution < -0.4 is 5.73 Å². The van der Waals surface area contributed by atoms with Crippen LogP contribution in [0.3, 0.4) is 0 Å². The lowest BCUT2D eigenvalue weighted by Gasteiger charge is -2.04. The van der Waals surface area contributed by atoms with E-state index in [2.05, 4.69) is 11.3 Å². The molecule has 3 aromatic rings. The van der Waals surface area contributed by atoms with E-state index in [0.29, 0.717) is 16.8 Å². The van der Waals surface area contributed by atoms with Crippen molar-refractivity contribution < 1.29 is 13.2 Å². The van der Waals surface area contributed by atoms with Crippen molar-refractivity contribution in [2.24, 2.45) is 5.73 Å². The Hall–Kier alpha value is -2.93. The molecule has 0 fully saturated rings. The molecule has 1 aromatic heterocycles. The van der Waals surface area contributed by atoms with Gasteiger partial charge in [-0.3, -0.25) is 0 Å². The van der Waals surface area contributed by atoms with Gasteiger partial charge in [-0.1, -0.05) is 42.0 Å². The molecular weight excluding hydrogens is 338 g/mol. The maximum atomic E-state index is 11.6. The average Bonchev–Trinajstić information content (AvgIpc) is 3.00. The Balaban J connectivity index is 2.14. The normalized spacial score (nSPS) is 11.4. The molecule has 0 saturated heterocycles. The number of nitrogens with two attached hydrogens (primary N) is 1. The Morgan fingerprint density at radius 2 is 1.60 bits per heavy atom. The van der Waals surface area contributed by atoms with Gasteiger partial charge in [-0.05, 0) is 24.6 Å². The van der Waals surface area contributed by atoms with E-state index in [0.717, 1.165) is 22.1 Å². The van der Waals surface area contributed by atoms with Crippen molar-refractivity contribution >= 4 is 15.9 Å². The third-order valence-corrected chi connectivity index (χ3v) is 4.89. The first kappa shape index (κ1) is 16.9. The first-order valence-corrected chi connectivity index (χ1v) is 9.34. The monoisotopic (exact) mass is 354 g/mol. The second-order valence-corrected chi connectivity index (χ2v) is 7.76. The number of hydrogen-bond donors (Lipinski definition) is 1. The number of aromatic nitrogens is 2. The molecule has 0 spiro atoms. The zero-order valence-electron chi connectivity index (χ0n) is 13.7. The lowest BCUT2D eigenvalue weighted by Crippen LogP contribution is -2.20. The minimum atomic E-state index is -3.28. The van der Waals surface area contributed by atoms with Crippen molar-refractivity contribution in [3.63, 3.8) is 0 Å². The highest BCUT2D eigenvalue weighted by molar-refractivity contribution is 7.90. The molecule has 2 N–H and O–H groups in total. The van der Waals surface area contributed by atoms with E-state index in [1.165, 1.54) is 12.1 Å². The van der Waals surface area contributed by atoms with Crippen molar-refractivity contribution in [2.75, 3.05) is 6.26 Å². The Bertz CT molecular complexity index is 1030. The van der Waals surface area contributed by atoms with E-state index in [-0.39, 0.29) is 4.90 Å². The molecule has 1 heterocycles. The van der Waals surface area contributed by atoms with Crippen LogP contribution in [-0.4, -0.2) is 30.5 Å². The van der Waals surface area contributed by atoms with Crippen molar-refractivity contribution in [2.45, 2.75) is 11.8 Å². The lowest BCUT2D eigenvalue weighted by molar-refractivity contribution is 0.247.